The number of rotatable bonds is 7. The number of thiophene rings is 1. The first-order chi connectivity index (χ1) is 12.1. The van der Waals surface area contributed by atoms with Gasteiger partial charge in [-0.25, -0.2) is 0 Å². The molecule has 0 aliphatic carbocycles. The summed E-state index contributed by atoms with van der Waals surface area (Å²) in [5.74, 6) is 1.74. The second-order valence-corrected chi connectivity index (χ2v) is 7.09. The third-order valence-electron chi connectivity index (χ3n) is 3.90. The summed E-state index contributed by atoms with van der Waals surface area (Å²) in [6, 6.07) is 17.9. The van der Waals surface area contributed by atoms with E-state index < -0.39 is 0 Å². The van der Waals surface area contributed by atoms with Crippen molar-refractivity contribution < 1.29 is 9.21 Å². The van der Waals surface area contributed by atoms with E-state index in [9.17, 15) is 4.79 Å². The van der Waals surface area contributed by atoms with Crippen LogP contribution in [-0.4, -0.2) is 24.4 Å². The summed E-state index contributed by atoms with van der Waals surface area (Å²) in [6.07, 6.45) is 0. The zero-order valence-electron chi connectivity index (χ0n) is 14.4. The van der Waals surface area contributed by atoms with Gasteiger partial charge >= 0.3 is 0 Å². The highest BCUT2D eigenvalue weighted by Crippen LogP contribution is 2.25. The topological polar surface area (TPSA) is 45.5 Å². The molecule has 4 nitrogen and oxygen atoms in total. The Morgan fingerprint density at radius 3 is 2.60 bits per heavy atom. The SMILES string of the molecule is Cc1ccc(CN(C)CC(=O)N[C@@H](c2ccccc2)c2cccs2)o1. The van der Waals surface area contributed by atoms with Crippen molar-refractivity contribution in [2.75, 3.05) is 13.6 Å². The Kier molecular flexibility index (Phi) is 5.68. The lowest BCUT2D eigenvalue weighted by atomic mass is 10.1. The second kappa shape index (κ2) is 8.14. The van der Waals surface area contributed by atoms with Crippen LogP contribution in [0.25, 0.3) is 0 Å². The molecule has 3 aromatic rings. The van der Waals surface area contributed by atoms with Crippen LogP contribution in [0.1, 0.15) is 28.0 Å². The molecule has 0 saturated carbocycles. The molecule has 0 bridgehead atoms. The highest BCUT2D eigenvalue weighted by Gasteiger charge is 2.18. The maximum Gasteiger partial charge on any atom is 0.234 e. The van der Waals surface area contributed by atoms with Gasteiger partial charge in [-0.1, -0.05) is 36.4 Å². The van der Waals surface area contributed by atoms with Gasteiger partial charge in [0, 0.05) is 4.88 Å². The van der Waals surface area contributed by atoms with E-state index >= 15 is 0 Å². The molecule has 1 atom stereocenters. The Bertz CT molecular complexity index is 796. The number of likely N-dealkylation sites (N-methyl/N-ethyl adjacent to an activating group) is 1. The molecule has 0 unspecified atom stereocenters. The lowest BCUT2D eigenvalue weighted by Gasteiger charge is -2.21. The van der Waals surface area contributed by atoms with Gasteiger partial charge in [-0.2, -0.15) is 0 Å². The van der Waals surface area contributed by atoms with E-state index in [-0.39, 0.29) is 11.9 Å². The number of hydrogen-bond acceptors (Lipinski definition) is 4. The molecule has 0 aliphatic rings. The van der Waals surface area contributed by atoms with Crippen LogP contribution in [0.4, 0.5) is 0 Å². The summed E-state index contributed by atoms with van der Waals surface area (Å²) in [7, 11) is 1.92. The van der Waals surface area contributed by atoms with Gasteiger partial charge in [-0.3, -0.25) is 9.69 Å². The molecular formula is C20H22N2O2S. The van der Waals surface area contributed by atoms with Crippen LogP contribution in [-0.2, 0) is 11.3 Å². The maximum absolute atomic E-state index is 12.5. The fourth-order valence-electron chi connectivity index (χ4n) is 2.76. The molecule has 1 aromatic carbocycles. The molecule has 3 rings (SSSR count). The molecule has 25 heavy (non-hydrogen) atoms. The van der Waals surface area contributed by atoms with E-state index in [0.29, 0.717) is 13.1 Å². The summed E-state index contributed by atoms with van der Waals surface area (Å²) in [6.45, 7) is 2.84. The summed E-state index contributed by atoms with van der Waals surface area (Å²) in [5.41, 5.74) is 1.09. The third-order valence-corrected chi connectivity index (χ3v) is 4.84. The fourth-order valence-corrected chi connectivity index (χ4v) is 3.57. The van der Waals surface area contributed by atoms with Crippen molar-refractivity contribution in [3.63, 3.8) is 0 Å². The maximum atomic E-state index is 12.5. The van der Waals surface area contributed by atoms with E-state index in [1.165, 1.54) is 0 Å². The lowest BCUT2D eigenvalue weighted by molar-refractivity contribution is -0.122. The van der Waals surface area contributed by atoms with E-state index in [1.807, 2.05) is 72.8 Å². The van der Waals surface area contributed by atoms with E-state index in [1.54, 1.807) is 11.3 Å². The van der Waals surface area contributed by atoms with Crippen molar-refractivity contribution in [2.45, 2.75) is 19.5 Å². The van der Waals surface area contributed by atoms with Gasteiger partial charge < -0.3 is 9.73 Å². The molecule has 2 heterocycles. The molecule has 1 N–H and O–H groups in total. The molecular weight excluding hydrogens is 332 g/mol. The minimum Gasteiger partial charge on any atom is -0.465 e. The number of carbonyl (C=O) groups excluding carboxylic acids is 1. The average molecular weight is 354 g/mol. The second-order valence-electron chi connectivity index (χ2n) is 6.11. The molecule has 130 valence electrons. The summed E-state index contributed by atoms with van der Waals surface area (Å²) in [5, 5.41) is 5.19. The van der Waals surface area contributed by atoms with E-state index in [2.05, 4.69) is 11.4 Å². The average Bonchev–Trinajstić information content (AvgIpc) is 3.25. The highest BCUT2D eigenvalue weighted by molar-refractivity contribution is 7.10. The van der Waals surface area contributed by atoms with Crippen LogP contribution in [0.5, 0.6) is 0 Å². The molecule has 0 fully saturated rings. The van der Waals surface area contributed by atoms with Crippen LogP contribution in [0.3, 0.4) is 0 Å². The first-order valence-electron chi connectivity index (χ1n) is 8.23. The van der Waals surface area contributed by atoms with Gasteiger partial charge in [0.1, 0.15) is 11.5 Å². The Labute approximate surface area is 152 Å². The first kappa shape index (κ1) is 17.5. The quantitative estimate of drug-likeness (QED) is 0.698. The standard InChI is InChI=1S/C20H22N2O2S/c1-15-10-11-17(24-15)13-22(2)14-19(23)21-20(18-9-6-12-25-18)16-7-4-3-5-8-16/h3-12,20H,13-14H2,1-2H3,(H,21,23)/t20-/m0/s1. The van der Waals surface area contributed by atoms with Crippen molar-refractivity contribution in [3.8, 4) is 0 Å². The molecule has 1 amide bonds. The van der Waals surface area contributed by atoms with Crippen LogP contribution < -0.4 is 5.32 Å². The number of carbonyl (C=O) groups is 1. The van der Waals surface area contributed by atoms with E-state index in [4.69, 9.17) is 4.42 Å². The zero-order chi connectivity index (χ0) is 17.6. The Morgan fingerprint density at radius 1 is 1.16 bits per heavy atom. The number of amides is 1. The largest absolute Gasteiger partial charge is 0.465 e. The van der Waals surface area contributed by atoms with E-state index in [0.717, 1.165) is 22.0 Å². The molecule has 5 heteroatoms. The van der Waals surface area contributed by atoms with Crippen molar-refractivity contribution >= 4 is 17.2 Å². The molecule has 0 radical (unpaired) electrons. The zero-order valence-corrected chi connectivity index (χ0v) is 15.3. The van der Waals surface area contributed by atoms with Crippen LogP contribution in [0.15, 0.2) is 64.4 Å². The minimum atomic E-state index is -0.118. The Hall–Kier alpha value is -2.37. The van der Waals surface area contributed by atoms with Gasteiger partial charge in [-0.15, -0.1) is 11.3 Å². The number of benzene rings is 1. The number of aryl methyl sites for hydroxylation is 1. The van der Waals surface area contributed by atoms with Crippen molar-refractivity contribution in [1.82, 2.24) is 10.2 Å². The van der Waals surface area contributed by atoms with Gasteiger partial charge in [0.05, 0.1) is 19.1 Å². The number of furan rings is 1. The normalized spacial score (nSPS) is 12.3. The number of hydrogen-bond donors (Lipinski definition) is 1. The number of nitrogens with one attached hydrogen (secondary N) is 1. The predicted molar refractivity (Wildman–Crippen MR) is 101 cm³/mol. The lowest BCUT2D eigenvalue weighted by Crippen LogP contribution is -2.37. The highest BCUT2D eigenvalue weighted by atomic mass is 32.1. The molecule has 0 aliphatic heterocycles. The van der Waals surface area contributed by atoms with Gasteiger partial charge in [0.15, 0.2) is 0 Å². The van der Waals surface area contributed by atoms with Crippen molar-refractivity contribution in [1.29, 1.82) is 0 Å². The fraction of sp³-hybridized carbons (Fsp3) is 0.250. The van der Waals surface area contributed by atoms with Gasteiger partial charge in [0.25, 0.3) is 0 Å². The summed E-state index contributed by atoms with van der Waals surface area (Å²) in [4.78, 5) is 15.6. The Balaban J connectivity index is 1.64. The van der Waals surface area contributed by atoms with Crippen LogP contribution in [0.2, 0.25) is 0 Å². The molecule has 0 saturated heterocycles. The van der Waals surface area contributed by atoms with Crippen LogP contribution >= 0.6 is 11.3 Å². The van der Waals surface area contributed by atoms with Gasteiger partial charge in [0.2, 0.25) is 5.91 Å². The predicted octanol–water partition coefficient (Wildman–Crippen LogP) is 3.99. The summed E-state index contributed by atoms with van der Waals surface area (Å²) < 4.78 is 5.57. The van der Waals surface area contributed by atoms with Crippen LogP contribution in [0, 0.1) is 6.92 Å². The van der Waals surface area contributed by atoms with Crippen molar-refractivity contribution in [2.24, 2.45) is 0 Å². The molecule has 0 spiro atoms. The summed E-state index contributed by atoms with van der Waals surface area (Å²) >= 11 is 1.65. The van der Waals surface area contributed by atoms with Crippen molar-refractivity contribution in [3.05, 3.63) is 81.9 Å². The molecule has 2 aromatic heterocycles. The smallest absolute Gasteiger partial charge is 0.234 e. The number of nitrogens with zero attached hydrogens (tertiary/aromatic N) is 1. The minimum absolute atomic E-state index is 0.00645. The first-order valence-corrected chi connectivity index (χ1v) is 9.11. The van der Waals surface area contributed by atoms with Gasteiger partial charge in [-0.05, 0) is 43.1 Å². The monoisotopic (exact) mass is 354 g/mol. The third kappa shape index (κ3) is 4.81. The Morgan fingerprint density at radius 2 is 1.96 bits per heavy atom.